The number of pyridine rings is 5. The van der Waals surface area contributed by atoms with Crippen LogP contribution < -0.4 is 22.8 Å². The summed E-state index contributed by atoms with van der Waals surface area (Å²) in [6.45, 7) is 51.2. The molecule has 6 nitrogen and oxygen atoms in total. The first kappa shape index (κ1) is 87.0. The number of nitrogens with zero attached hydrogens (tertiary/aromatic N) is 6. The lowest BCUT2D eigenvalue weighted by Gasteiger charge is -2.19. The van der Waals surface area contributed by atoms with Crippen LogP contribution in [-0.4, -0.2) is 4.57 Å². The third-order valence-electron chi connectivity index (χ3n) is 27.2. The first-order valence-corrected chi connectivity index (χ1v) is 46.9. The summed E-state index contributed by atoms with van der Waals surface area (Å²) in [6, 6.07) is 79.8. The third kappa shape index (κ3) is 19.1. The van der Waals surface area contributed by atoms with Crippen molar-refractivity contribution in [1.82, 2.24) is 4.57 Å². The van der Waals surface area contributed by atoms with Crippen LogP contribution in [0.15, 0.2) is 231 Å². The smallest absolute Gasteiger partial charge is 0.220 e. The molecule has 0 N–H and O–H groups in total. The molecule has 6 aromatic heterocycles. The zero-order chi connectivity index (χ0) is 94.2. The van der Waals surface area contributed by atoms with Gasteiger partial charge in [0.1, 0.15) is 36.6 Å². The van der Waals surface area contributed by atoms with Gasteiger partial charge >= 0.3 is 0 Å². The van der Waals surface area contributed by atoms with Gasteiger partial charge in [0.05, 0.1) is 46.3 Å². The average molecular weight is 1690 g/mol. The highest BCUT2D eigenvalue weighted by Crippen LogP contribution is 2.42. The molecule has 2 aliphatic carbocycles. The second-order valence-electron chi connectivity index (χ2n) is 41.7. The highest BCUT2D eigenvalue weighted by molar-refractivity contribution is 6.10. The lowest BCUT2D eigenvalue weighted by molar-refractivity contribution is -0.665. The van der Waals surface area contributed by atoms with Gasteiger partial charge in [0.2, 0.25) is 28.5 Å². The van der Waals surface area contributed by atoms with E-state index in [1.165, 1.54) is 227 Å². The Hall–Kier alpha value is -11.7. The fourth-order valence-electron chi connectivity index (χ4n) is 20.5. The second kappa shape index (κ2) is 36.4. The van der Waals surface area contributed by atoms with Crippen LogP contribution in [0.1, 0.15) is 205 Å². The number of aromatic nitrogens is 6. The van der Waals surface area contributed by atoms with E-state index in [2.05, 4.69) is 397 Å². The van der Waals surface area contributed by atoms with Gasteiger partial charge in [0, 0.05) is 97.0 Å². The molecule has 6 heteroatoms. The first-order valence-electron chi connectivity index (χ1n) is 48.4. The van der Waals surface area contributed by atoms with Gasteiger partial charge in [-0.3, -0.25) is 0 Å². The maximum atomic E-state index is 8.48. The Kier molecular flexibility index (Phi) is 24.8. The van der Waals surface area contributed by atoms with Crippen molar-refractivity contribution in [2.45, 2.75) is 223 Å². The van der Waals surface area contributed by atoms with Crippen LogP contribution in [0.5, 0.6) is 0 Å². The van der Waals surface area contributed by atoms with E-state index in [0.717, 1.165) is 47.2 Å². The second-order valence-corrected chi connectivity index (χ2v) is 41.7. The summed E-state index contributed by atoms with van der Waals surface area (Å²) in [4.78, 5) is 0. The molecule has 0 spiro atoms. The Balaban J connectivity index is 0.000000126. The SMILES string of the molecule is Cc1cc2c3ccccc3n(C(C)C)c2cc1-c1c2ccc(CC(C)(C)C)cc2cc(C)[n+]1C.Cc1ccc(C)c(-c2c3cc4c(cc3cc(C)[n+]2C)CCC4)c1.Cc1ccccc1-c1c2cc3c(cc2cc(C)[n+]1C)CCC3.[2H]c1cc([2H])c(C)c(-c2c3ccc(CC(C)(C)C)cc3cc(C)[n+]2C)c1.[2H]c1cc2cc(CC(C)(C)C)ccc2c(-c2cc(C)cc(C)c2C)[n+]1C. The molecule has 11 aromatic carbocycles. The van der Waals surface area contributed by atoms with Crippen molar-refractivity contribution in [2.24, 2.45) is 51.5 Å². The molecule has 0 atom stereocenters. The number of rotatable bonds is 9. The summed E-state index contributed by atoms with van der Waals surface area (Å²) < 4.78 is 38.5. The largest absolute Gasteiger partial charge is 0.338 e. The van der Waals surface area contributed by atoms with Crippen molar-refractivity contribution >= 4 is 75.7 Å². The molecule has 0 saturated carbocycles. The molecule has 0 fully saturated rings. The summed E-state index contributed by atoms with van der Waals surface area (Å²) >= 11 is 0. The zero-order valence-corrected chi connectivity index (χ0v) is 82.3. The maximum absolute atomic E-state index is 8.48. The molecule has 128 heavy (non-hydrogen) atoms. The fourth-order valence-corrected chi connectivity index (χ4v) is 20.5. The van der Waals surface area contributed by atoms with E-state index in [1.807, 2.05) is 30.7 Å². The molecule has 0 aliphatic heterocycles. The van der Waals surface area contributed by atoms with Crippen LogP contribution in [0, 0.1) is 99.3 Å². The van der Waals surface area contributed by atoms with Crippen molar-refractivity contribution in [2.75, 3.05) is 0 Å². The summed E-state index contributed by atoms with van der Waals surface area (Å²) in [5, 5.41) is 15.7. The molecule has 0 saturated heterocycles. The van der Waals surface area contributed by atoms with Crippen molar-refractivity contribution in [3.63, 3.8) is 0 Å². The Bertz CT molecular complexity index is 7230. The molecule has 19 rings (SSSR count). The number of aryl methyl sites for hydroxylation is 14. The van der Waals surface area contributed by atoms with Crippen LogP contribution >= 0.6 is 0 Å². The summed E-state index contributed by atoms with van der Waals surface area (Å²) in [5.74, 6) is 0. The summed E-state index contributed by atoms with van der Waals surface area (Å²) in [6.07, 6.45) is 11.2. The third-order valence-corrected chi connectivity index (χ3v) is 27.2. The van der Waals surface area contributed by atoms with Gasteiger partial charge in [-0.2, -0.15) is 18.3 Å². The Labute approximate surface area is 769 Å². The average Bonchev–Trinajstić information content (AvgIpc) is 1.55. The van der Waals surface area contributed by atoms with Crippen molar-refractivity contribution < 1.29 is 26.9 Å². The van der Waals surface area contributed by atoms with E-state index < -0.39 is 0 Å². The highest BCUT2D eigenvalue weighted by Gasteiger charge is 2.30. The Morgan fingerprint density at radius 1 is 0.312 bits per heavy atom. The van der Waals surface area contributed by atoms with Crippen LogP contribution in [0.3, 0.4) is 0 Å². The number of para-hydroxylation sites is 1. The molecular weight excluding hydrogens is 1550 g/mol. The van der Waals surface area contributed by atoms with Gasteiger partial charge in [-0.1, -0.05) is 195 Å². The Morgan fingerprint density at radius 2 is 0.734 bits per heavy atom. The molecule has 2 aliphatic rings. The molecule has 0 radical (unpaired) electrons. The molecule has 0 bridgehead atoms. The molecule has 0 unspecified atom stereocenters. The highest BCUT2D eigenvalue weighted by atomic mass is 15.0. The monoisotopic (exact) mass is 1690 g/mol. The van der Waals surface area contributed by atoms with Gasteiger partial charge in [0.25, 0.3) is 0 Å². The predicted molar refractivity (Wildman–Crippen MR) is 547 cm³/mol. The molecule has 17 aromatic rings. The van der Waals surface area contributed by atoms with E-state index >= 15 is 0 Å². The van der Waals surface area contributed by atoms with Crippen molar-refractivity contribution in [1.29, 1.82) is 0 Å². The number of hydrogen-bond donors (Lipinski definition) is 0. The van der Waals surface area contributed by atoms with Gasteiger partial charge in [-0.25, -0.2) is 4.57 Å². The Morgan fingerprint density at radius 3 is 1.24 bits per heavy atom. The topological polar surface area (TPSA) is 24.3 Å². The van der Waals surface area contributed by atoms with Gasteiger partial charge < -0.3 is 4.57 Å². The number of hydrogen-bond acceptors (Lipinski definition) is 0. The molecule has 0 amide bonds. The van der Waals surface area contributed by atoms with E-state index in [1.54, 1.807) is 28.3 Å². The normalized spacial score (nSPS) is 13.0. The maximum Gasteiger partial charge on any atom is 0.220 e. The van der Waals surface area contributed by atoms with E-state index in [-0.39, 0.29) is 16.2 Å². The summed E-state index contributed by atoms with van der Waals surface area (Å²) in [5.41, 5.74) is 41.3. The molecular formula is C122H141N6+5. The lowest BCUT2D eigenvalue weighted by Crippen LogP contribution is -2.35. The first-order chi connectivity index (χ1) is 61.9. The van der Waals surface area contributed by atoms with E-state index in [9.17, 15) is 0 Å². The van der Waals surface area contributed by atoms with Gasteiger partial charge in [-0.05, 0) is 315 Å². The minimum atomic E-state index is 0.251. The number of benzene rings is 11. The van der Waals surface area contributed by atoms with Crippen LogP contribution in [-0.2, 0) is 80.2 Å². The number of fused-ring (bicyclic) bond motifs is 10. The minimum absolute atomic E-state index is 0.251. The van der Waals surface area contributed by atoms with Gasteiger partial charge in [0.15, 0.2) is 28.9 Å². The van der Waals surface area contributed by atoms with Crippen LogP contribution in [0.4, 0.5) is 0 Å². The van der Waals surface area contributed by atoms with E-state index in [4.69, 9.17) is 4.11 Å². The lowest BCUT2D eigenvalue weighted by atomic mass is 9.87. The minimum Gasteiger partial charge on any atom is -0.338 e. The zero-order valence-electron chi connectivity index (χ0n) is 85.3. The van der Waals surface area contributed by atoms with E-state index in [0.29, 0.717) is 24.3 Å². The quantitative estimate of drug-likeness (QED) is 0.129. The standard InChI is InChI=1S/C32H37N2.C24H30N.C23H28N.C22H24N.C21H22N/c1-20(2)34-29-12-10-9-11-26(29)28-15-21(3)27(18-30(28)34)31-25-14-13-23(19-32(5,6)7)17-24(25)16-22(4)33(31)8;1-16-12-17(2)18(3)22(13-16)23-21-9-8-19(15-24(4,5)6)14-20(21)10-11-25(23)7;1-16-9-7-8-10-20(16)22-21-12-11-18(15-23(3,4)5)14-19(21)13-17(2)24(22)6;1-14-8-9-15(2)20(10-14)22-21-13-18-7-5-6-17(18)12-19(21)11-16(3)23(22)4;1-14-7-4-5-10-19(14)21-20-13-17-9-6-8-16(17)12-18(20)11-15(2)22(21)3/h9-18,20H,19H2,1-8H3;8-14H,15H2,1-7H3;7-14H,15H2,1-6H3;8-13H,5-7H2,1-4H3;4-5,7,10-13H,6,8-9H2,1-3H3/q5*+1/i;11D;8D,9D;;. The van der Waals surface area contributed by atoms with Crippen LogP contribution in [0.25, 0.3) is 132 Å². The van der Waals surface area contributed by atoms with Gasteiger partial charge in [-0.15, -0.1) is 0 Å². The van der Waals surface area contributed by atoms with Crippen molar-refractivity contribution in [3.8, 4) is 56.3 Å². The summed E-state index contributed by atoms with van der Waals surface area (Å²) in [7, 11) is 10.6. The molecule has 654 valence electrons. The molecule has 6 heterocycles. The van der Waals surface area contributed by atoms with Crippen LogP contribution in [0.2, 0.25) is 0 Å². The van der Waals surface area contributed by atoms with Crippen molar-refractivity contribution in [3.05, 3.63) is 337 Å². The fraction of sp³-hybridized carbons (Fsp3) is 0.336. The predicted octanol–water partition coefficient (Wildman–Crippen LogP) is 28.8.